The predicted molar refractivity (Wildman–Crippen MR) is 122 cm³/mol. The summed E-state index contributed by atoms with van der Waals surface area (Å²) in [5.74, 6) is -0.0547. The van der Waals surface area contributed by atoms with E-state index in [1.807, 2.05) is 30.3 Å². The molecular formula is C24H26ClN5O2. The zero-order valence-electron chi connectivity index (χ0n) is 17.9. The Balaban J connectivity index is 1.31. The molecule has 8 heteroatoms. The number of halogens is 1. The number of nitrogens with one attached hydrogen (secondary N) is 1. The van der Waals surface area contributed by atoms with Crippen LogP contribution in [0.3, 0.4) is 0 Å². The first-order valence-electron chi connectivity index (χ1n) is 10.6. The molecule has 3 heterocycles. The summed E-state index contributed by atoms with van der Waals surface area (Å²) in [5, 5.41) is 14.6. The zero-order valence-corrected chi connectivity index (χ0v) is 18.6. The summed E-state index contributed by atoms with van der Waals surface area (Å²) < 4.78 is 0. The highest BCUT2D eigenvalue weighted by Gasteiger charge is 2.30. The summed E-state index contributed by atoms with van der Waals surface area (Å²) in [7, 11) is 1.76. The highest BCUT2D eigenvalue weighted by atomic mass is 35.5. The zero-order chi connectivity index (χ0) is 22.5. The van der Waals surface area contributed by atoms with Crippen LogP contribution >= 0.6 is 11.6 Å². The molecular weight excluding hydrogens is 426 g/mol. The maximum absolute atomic E-state index is 12.7. The molecule has 4 rings (SSSR count). The lowest BCUT2D eigenvalue weighted by atomic mass is 10.0. The molecule has 1 saturated heterocycles. The van der Waals surface area contributed by atoms with Gasteiger partial charge in [-0.1, -0.05) is 29.8 Å². The van der Waals surface area contributed by atoms with E-state index in [9.17, 15) is 9.90 Å². The molecule has 2 N–H and O–H groups in total. The van der Waals surface area contributed by atoms with Crippen molar-refractivity contribution in [1.29, 1.82) is 0 Å². The van der Waals surface area contributed by atoms with Crippen molar-refractivity contribution in [2.24, 2.45) is 0 Å². The smallest absolute Gasteiger partial charge is 0.253 e. The van der Waals surface area contributed by atoms with Gasteiger partial charge in [0.15, 0.2) is 0 Å². The van der Waals surface area contributed by atoms with Crippen molar-refractivity contribution in [3.63, 3.8) is 0 Å². The average molecular weight is 452 g/mol. The second kappa shape index (κ2) is 10.2. The number of aliphatic hydroxyl groups excluding tert-OH is 1. The first kappa shape index (κ1) is 22.3. The quantitative estimate of drug-likeness (QED) is 0.536. The minimum Gasteiger partial charge on any atom is -0.387 e. The van der Waals surface area contributed by atoms with E-state index in [-0.39, 0.29) is 18.0 Å². The van der Waals surface area contributed by atoms with Crippen molar-refractivity contribution in [2.75, 3.05) is 7.05 Å². The van der Waals surface area contributed by atoms with E-state index in [1.54, 1.807) is 42.8 Å². The minimum atomic E-state index is -0.616. The number of hydrogen-bond acceptors (Lipinski definition) is 6. The van der Waals surface area contributed by atoms with Crippen LogP contribution in [0, 0.1) is 0 Å². The van der Waals surface area contributed by atoms with Gasteiger partial charge in [-0.2, -0.15) is 0 Å². The van der Waals surface area contributed by atoms with Gasteiger partial charge in [-0.3, -0.25) is 14.8 Å². The standard InChI is InChI=1S/C24H26ClN5O2/c1-30(15-20-14-26-10-11-27-20)24(32)17-4-2-16(3-5-17)12-19-7-8-21(29-19)23(31)18-6-9-22(25)28-13-18/h2-6,9-11,13-14,19,21,23,29,31H,7-8,12,15H2,1H3. The summed E-state index contributed by atoms with van der Waals surface area (Å²) in [5.41, 5.74) is 3.31. The van der Waals surface area contributed by atoms with Crippen LogP contribution in [0.4, 0.5) is 0 Å². The van der Waals surface area contributed by atoms with Crippen molar-refractivity contribution >= 4 is 17.5 Å². The van der Waals surface area contributed by atoms with Crippen LogP contribution in [-0.4, -0.2) is 50.0 Å². The Hall–Kier alpha value is -2.87. The van der Waals surface area contributed by atoms with E-state index in [4.69, 9.17) is 11.6 Å². The van der Waals surface area contributed by atoms with Crippen molar-refractivity contribution in [1.82, 2.24) is 25.2 Å². The summed E-state index contributed by atoms with van der Waals surface area (Å²) in [6.07, 6.45) is 8.61. The number of pyridine rings is 1. The Morgan fingerprint density at radius 3 is 2.66 bits per heavy atom. The van der Waals surface area contributed by atoms with Gasteiger partial charge in [-0.05, 0) is 43.0 Å². The van der Waals surface area contributed by atoms with Crippen molar-refractivity contribution in [3.05, 3.63) is 88.7 Å². The van der Waals surface area contributed by atoms with Crippen LogP contribution in [-0.2, 0) is 13.0 Å². The Bertz CT molecular complexity index is 1030. The van der Waals surface area contributed by atoms with Gasteiger partial charge in [0.2, 0.25) is 0 Å². The van der Waals surface area contributed by atoms with Gasteiger partial charge in [0, 0.05) is 48.8 Å². The largest absolute Gasteiger partial charge is 0.387 e. The number of hydrogen-bond donors (Lipinski definition) is 2. The average Bonchev–Trinajstić information content (AvgIpc) is 3.28. The van der Waals surface area contributed by atoms with E-state index in [0.29, 0.717) is 17.3 Å². The van der Waals surface area contributed by atoms with Crippen molar-refractivity contribution in [3.8, 4) is 0 Å². The van der Waals surface area contributed by atoms with Gasteiger partial charge in [0.1, 0.15) is 5.15 Å². The molecule has 1 aliphatic rings. The molecule has 3 unspecified atom stereocenters. The summed E-state index contributed by atoms with van der Waals surface area (Å²) >= 11 is 5.84. The molecule has 2 aromatic heterocycles. The molecule has 0 radical (unpaired) electrons. The lowest BCUT2D eigenvalue weighted by molar-refractivity contribution is 0.0783. The molecule has 0 aliphatic carbocycles. The molecule has 3 atom stereocenters. The van der Waals surface area contributed by atoms with Gasteiger partial charge in [0.05, 0.1) is 24.5 Å². The monoisotopic (exact) mass is 451 g/mol. The second-order valence-corrected chi connectivity index (χ2v) is 8.55. The van der Waals surface area contributed by atoms with E-state index in [0.717, 1.165) is 36.1 Å². The predicted octanol–water partition coefficient (Wildman–Crippen LogP) is 3.19. The molecule has 166 valence electrons. The van der Waals surface area contributed by atoms with E-state index in [2.05, 4.69) is 20.3 Å². The number of aromatic nitrogens is 3. The Kier molecular flexibility index (Phi) is 7.09. The number of carbonyl (C=O) groups excluding carboxylic acids is 1. The third kappa shape index (κ3) is 5.48. The molecule has 0 spiro atoms. The van der Waals surface area contributed by atoms with Crippen LogP contribution < -0.4 is 5.32 Å². The highest BCUT2D eigenvalue weighted by molar-refractivity contribution is 6.29. The van der Waals surface area contributed by atoms with Gasteiger partial charge in [-0.15, -0.1) is 0 Å². The first-order chi connectivity index (χ1) is 15.5. The van der Waals surface area contributed by atoms with E-state index >= 15 is 0 Å². The lowest BCUT2D eigenvalue weighted by Gasteiger charge is -2.20. The molecule has 1 aromatic carbocycles. The van der Waals surface area contributed by atoms with Crippen LogP contribution in [0.2, 0.25) is 5.15 Å². The molecule has 1 amide bonds. The fraction of sp³-hybridized carbons (Fsp3) is 0.333. The number of nitrogens with zero attached hydrogens (tertiary/aromatic N) is 4. The van der Waals surface area contributed by atoms with Gasteiger partial charge >= 0.3 is 0 Å². The number of benzene rings is 1. The second-order valence-electron chi connectivity index (χ2n) is 8.17. The third-order valence-electron chi connectivity index (χ3n) is 5.79. The molecule has 7 nitrogen and oxygen atoms in total. The molecule has 3 aromatic rings. The summed E-state index contributed by atoms with van der Waals surface area (Å²) in [6, 6.07) is 11.5. The van der Waals surface area contributed by atoms with Crippen LogP contribution in [0.1, 0.15) is 46.1 Å². The maximum atomic E-state index is 12.7. The van der Waals surface area contributed by atoms with Crippen molar-refractivity contribution < 1.29 is 9.90 Å². The lowest BCUT2D eigenvalue weighted by Crippen LogP contribution is -2.35. The highest BCUT2D eigenvalue weighted by Crippen LogP contribution is 2.27. The van der Waals surface area contributed by atoms with Gasteiger partial charge in [0.25, 0.3) is 5.91 Å². The Morgan fingerprint density at radius 2 is 1.97 bits per heavy atom. The van der Waals surface area contributed by atoms with Gasteiger partial charge < -0.3 is 15.3 Å². The SMILES string of the molecule is CN(Cc1cnccn1)C(=O)c1ccc(CC2CCC(C(O)c3ccc(Cl)nc3)N2)cc1. The van der Waals surface area contributed by atoms with Crippen LogP contribution in [0.25, 0.3) is 0 Å². The van der Waals surface area contributed by atoms with E-state index in [1.165, 1.54) is 0 Å². The molecule has 32 heavy (non-hydrogen) atoms. The molecule has 0 bridgehead atoms. The fourth-order valence-electron chi connectivity index (χ4n) is 4.07. The minimum absolute atomic E-state index is 0.0152. The van der Waals surface area contributed by atoms with Crippen LogP contribution in [0.15, 0.2) is 61.2 Å². The third-order valence-corrected chi connectivity index (χ3v) is 6.02. The van der Waals surface area contributed by atoms with E-state index < -0.39 is 6.10 Å². The Labute approximate surface area is 192 Å². The fourth-order valence-corrected chi connectivity index (χ4v) is 4.18. The number of aliphatic hydroxyl groups is 1. The maximum Gasteiger partial charge on any atom is 0.253 e. The topological polar surface area (TPSA) is 91.2 Å². The number of amides is 1. The first-order valence-corrected chi connectivity index (χ1v) is 11.0. The van der Waals surface area contributed by atoms with Crippen LogP contribution in [0.5, 0.6) is 0 Å². The Morgan fingerprint density at radius 1 is 1.16 bits per heavy atom. The summed E-state index contributed by atoms with van der Waals surface area (Å²) in [6.45, 7) is 0.410. The van der Waals surface area contributed by atoms with Crippen molar-refractivity contribution in [2.45, 2.75) is 44.0 Å². The van der Waals surface area contributed by atoms with Gasteiger partial charge in [-0.25, -0.2) is 4.98 Å². The molecule has 0 saturated carbocycles. The number of rotatable bonds is 7. The summed E-state index contributed by atoms with van der Waals surface area (Å²) in [4.78, 5) is 26.6. The molecule has 1 fully saturated rings. The number of carbonyl (C=O) groups is 1. The molecule has 1 aliphatic heterocycles. The normalized spacial score (nSPS) is 19.0.